The Bertz CT molecular complexity index is 1280. The molecule has 1 aromatic carbocycles. The molecule has 3 aliphatic rings. The summed E-state index contributed by atoms with van der Waals surface area (Å²) in [5.74, 6) is 1.19. The molecule has 1 aliphatic heterocycles. The predicted molar refractivity (Wildman–Crippen MR) is 148 cm³/mol. The van der Waals surface area contributed by atoms with Crippen LogP contribution in [0.25, 0.3) is 0 Å². The smallest absolute Gasteiger partial charge is 0.244 e. The molecule has 5 atom stereocenters. The third-order valence-electron chi connectivity index (χ3n) is 7.97. The van der Waals surface area contributed by atoms with Gasteiger partial charge in [-0.2, -0.15) is 4.98 Å². The number of anilines is 4. The van der Waals surface area contributed by atoms with Crippen LogP contribution in [0.4, 0.5) is 23.1 Å². The van der Waals surface area contributed by atoms with Crippen LogP contribution in [0.15, 0.2) is 30.5 Å². The minimum absolute atomic E-state index is 0.0838. The molecule has 11 heteroatoms. The lowest BCUT2D eigenvalue weighted by Gasteiger charge is -2.28. The van der Waals surface area contributed by atoms with Crippen molar-refractivity contribution in [2.24, 2.45) is 23.5 Å². The minimum Gasteiger partial charge on any atom is -0.494 e. The molecule has 38 heavy (non-hydrogen) atoms. The molecule has 2 bridgehead atoms. The zero-order chi connectivity index (χ0) is 27.1. The summed E-state index contributed by atoms with van der Waals surface area (Å²) >= 11 is 6.45. The van der Waals surface area contributed by atoms with Crippen molar-refractivity contribution in [3.63, 3.8) is 0 Å². The van der Waals surface area contributed by atoms with Gasteiger partial charge in [-0.25, -0.2) is 4.98 Å². The average molecular weight is 540 g/mol. The van der Waals surface area contributed by atoms with Crippen molar-refractivity contribution in [1.82, 2.24) is 14.9 Å². The van der Waals surface area contributed by atoms with E-state index >= 15 is 0 Å². The fourth-order valence-corrected chi connectivity index (χ4v) is 6.31. The molecular weight excluding hydrogens is 506 g/mol. The number of rotatable bonds is 8. The van der Waals surface area contributed by atoms with Crippen LogP contribution in [-0.4, -0.2) is 66.5 Å². The Morgan fingerprint density at radius 1 is 1.29 bits per heavy atom. The first kappa shape index (κ1) is 26.2. The second-order valence-corrected chi connectivity index (χ2v) is 10.7. The van der Waals surface area contributed by atoms with Crippen molar-refractivity contribution in [2.75, 3.05) is 43.3 Å². The van der Waals surface area contributed by atoms with E-state index in [2.05, 4.69) is 32.8 Å². The van der Waals surface area contributed by atoms with Gasteiger partial charge < -0.3 is 26.0 Å². The van der Waals surface area contributed by atoms with Gasteiger partial charge in [-0.3, -0.25) is 14.5 Å². The van der Waals surface area contributed by atoms with E-state index in [-0.39, 0.29) is 41.7 Å². The second kappa shape index (κ2) is 10.4. The standard InChI is InChI=1S/C27H34ClN7O3/c1-5-35-19-11-9-18(23(38-4)16(19)8-10-20(26(35)37)34(2)3)31-27-30-13-17(28)25(33-27)32-22-15-7-6-14(12-15)21(22)24(29)36/h6-7,9,11,13-15,20-22H,5,8,10,12H2,1-4H3,(H2,29,36)(H2,30,31,32,33)/t14-,15+,20-,21+,22-/m1/s1. The van der Waals surface area contributed by atoms with Crippen molar-refractivity contribution in [1.29, 1.82) is 0 Å². The van der Waals surface area contributed by atoms with Crippen LogP contribution in [0.2, 0.25) is 5.02 Å². The molecule has 0 radical (unpaired) electrons. The van der Waals surface area contributed by atoms with E-state index in [1.54, 1.807) is 7.11 Å². The van der Waals surface area contributed by atoms with E-state index in [0.717, 1.165) is 17.7 Å². The Kier molecular flexibility index (Phi) is 7.19. The number of aromatic nitrogens is 2. The Morgan fingerprint density at radius 2 is 2.05 bits per heavy atom. The first-order valence-electron chi connectivity index (χ1n) is 12.9. The lowest BCUT2D eigenvalue weighted by atomic mass is 9.88. The van der Waals surface area contributed by atoms with Gasteiger partial charge in [0.2, 0.25) is 17.8 Å². The molecule has 10 nitrogen and oxygen atoms in total. The monoisotopic (exact) mass is 539 g/mol. The van der Waals surface area contributed by atoms with Crippen molar-refractivity contribution < 1.29 is 14.3 Å². The predicted octanol–water partition coefficient (Wildman–Crippen LogP) is 3.20. The summed E-state index contributed by atoms with van der Waals surface area (Å²) < 4.78 is 5.86. The van der Waals surface area contributed by atoms with Gasteiger partial charge in [-0.05, 0) is 64.3 Å². The largest absolute Gasteiger partial charge is 0.494 e. The Balaban J connectivity index is 1.44. The highest BCUT2D eigenvalue weighted by atomic mass is 35.5. The van der Waals surface area contributed by atoms with Gasteiger partial charge in [0.1, 0.15) is 10.8 Å². The summed E-state index contributed by atoms with van der Waals surface area (Å²) in [6.45, 7) is 2.54. The van der Waals surface area contributed by atoms with E-state index in [4.69, 9.17) is 22.1 Å². The fourth-order valence-electron chi connectivity index (χ4n) is 6.17. The molecule has 5 rings (SSSR count). The van der Waals surface area contributed by atoms with Gasteiger partial charge in [0.05, 0.1) is 36.6 Å². The molecular formula is C27H34ClN7O3. The van der Waals surface area contributed by atoms with Crippen molar-refractivity contribution in [3.8, 4) is 5.75 Å². The molecule has 0 spiro atoms. The number of nitrogens with zero attached hydrogens (tertiary/aromatic N) is 4. The van der Waals surface area contributed by atoms with Crippen molar-refractivity contribution in [3.05, 3.63) is 41.1 Å². The van der Waals surface area contributed by atoms with Crippen LogP contribution < -0.4 is 26.0 Å². The maximum atomic E-state index is 13.2. The normalized spacial score (nSPS) is 25.9. The number of allylic oxidation sites excluding steroid dienone is 1. The van der Waals surface area contributed by atoms with E-state index < -0.39 is 0 Å². The van der Waals surface area contributed by atoms with Crippen LogP contribution in [0.3, 0.4) is 0 Å². The van der Waals surface area contributed by atoms with E-state index in [9.17, 15) is 9.59 Å². The lowest BCUT2D eigenvalue weighted by Crippen LogP contribution is -2.45. The molecule has 4 N–H and O–H groups in total. The maximum Gasteiger partial charge on any atom is 0.244 e. The number of nitrogens with two attached hydrogens (primary N) is 1. The van der Waals surface area contributed by atoms with Crippen LogP contribution >= 0.6 is 11.6 Å². The lowest BCUT2D eigenvalue weighted by molar-refractivity contribution is -0.123. The van der Waals surface area contributed by atoms with Gasteiger partial charge in [0, 0.05) is 18.2 Å². The Labute approximate surface area is 227 Å². The number of ether oxygens (including phenoxy) is 1. The maximum absolute atomic E-state index is 13.2. The number of carbonyl (C=O) groups is 2. The molecule has 1 aromatic heterocycles. The molecule has 0 saturated heterocycles. The minimum atomic E-state index is -0.325. The number of hydrogen-bond donors (Lipinski definition) is 3. The number of fused-ring (bicyclic) bond motifs is 3. The molecule has 0 unspecified atom stereocenters. The summed E-state index contributed by atoms with van der Waals surface area (Å²) in [7, 11) is 5.48. The highest BCUT2D eigenvalue weighted by Crippen LogP contribution is 2.45. The van der Waals surface area contributed by atoms with Gasteiger partial charge in [-0.15, -0.1) is 0 Å². The number of nitrogens with one attached hydrogen (secondary N) is 2. The highest BCUT2D eigenvalue weighted by Gasteiger charge is 2.47. The van der Waals surface area contributed by atoms with Gasteiger partial charge in [-0.1, -0.05) is 23.8 Å². The summed E-state index contributed by atoms with van der Waals surface area (Å²) in [5, 5.41) is 6.98. The first-order chi connectivity index (χ1) is 18.2. The summed E-state index contributed by atoms with van der Waals surface area (Å²) in [6.07, 6.45) is 7.97. The number of benzene rings is 1. The number of likely N-dealkylation sites (N-methyl/N-ethyl adjacent to an activating group) is 2. The molecule has 2 amide bonds. The van der Waals surface area contributed by atoms with Crippen LogP contribution in [-0.2, 0) is 16.0 Å². The van der Waals surface area contributed by atoms with E-state index in [0.29, 0.717) is 47.6 Å². The third-order valence-corrected chi connectivity index (χ3v) is 8.25. The third kappa shape index (κ3) is 4.56. The van der Waals surface area contributed by atoms with Crippen molar-refractivity contribution in [2.45, 2.75) is 38.3 Å². The number of hydrogen-bond acceptors (Lipinski definition) is 8. The summed E-state index contributed by atoms with van der Waals surface area (Å²) in [4.78, 5) is 38.2. The molecule has 2 aromatic rings. The molecule has 2 aliphatic carbocycles. The summed E-state index contributed by atoms with van der Waals surface area (Å²) in [5.41, 5.74) is 8.22. The highest BCUT2D eigenvalue weighted by molar-refractivity contribution is 6.32. The van der Waals surface area contributed by atoms with Crippen LogP contribution in [0.5, 0.6) is 5.75 Å². The number of halogens is 1. The zero-order valence-corrected chi connectivity index (χ0v) is 22.8. The summed E-state index contributed by atoms with van der Waals surface area (Å²) in [6, 6.07) is 3.43. The molecule has 202 valence electrons. The number of primary amides is 1. The topological polar surface area (TPSA) is 126 Å². The van der Waals surface area contributed by atoms with Crippen molar-refractivity contribution >= 4 is 46.6 Å². The molecule has 2 heterocycles. The van der Waals surface area contributed by atoms with Gasteiger partial charge in [0.25, 0.3) is 0 Å². The molecule has 1 fully saturated rings. The fraction of sp³-hybridized carbons (Fsp3) is 0.481. The zero-order valence-electron chi connectivity index (χ0n) is 22.1. The average Bonchev–Trinajstić information content (AvgIpc) is 3.45. The Hall–Kier alpha value is -3.37. The second-order valence-electron chi connectivity index (χ2n) is 10.3. The molecule has 1 saturated carbocycles. The number of methoxy groups -OCH3 is 1. The number of amides is 2. The Morgan fingerprint density at radius 3 is 2.74 bits per heavy atom. The van der Waals surface area contributed by atoms with Gasteiger partial charge in [0.15, 0.2) is 5.82 Å². The SMILES string of the molecule is CCN1C(=O)[C@H](N(C)C)CCc2c1ccc(Nc1ncc(Cl)c(N[C@H]3[C@@H](C(N)=O)[C@@H]4C=C[C@H]3C4)n1)c2OC. The number of carbonyl (C=O) groups excluding carboxylic acids is 2. The van der Waals surface area contributed by atoms with Gasteiger partial charge >= 0.3 is 0 Å². The van der Waals surface area contributed by atoms with Crippen LogP contribution in [0.1, 0.15) is 25.3 Å². The van der Waals surface area contributed by atoms with E-state index in [1.165, 1.54) is 6.20 Å². The first-order valence-corrected chi connectivity index (χ1v) is 13.3. The van der Waals surface area contributed by atoms with Crippen LogP contribution in [0, 0.1) is 17.8 Å². The quantitative estimate of drug-likeness (QED) is 0.437. The van der Waals surface area contributed by atoms with E-state index in [1.807, 2.05) is 43.0 Å².